The first-order chi connectivity index (χ1) is 11.2. The molecule has 0 rings (SSSR count). The molecule has 3 N–H and O–H groups in total. The Morgan fingerprint density at radius 3 is 2.38 bits per heavy atom. The largest absolute Gasteiger partial charge is 0.480 e. The van der Waals surface area contributed by atoms with Crippen LogP contribution in [-0.4, -0.2) is 53.3 Å². The number of amides is 2. The van der Waals surface area contributed by atoms with Crippen LogP contribution in [0.15, 0.2) is 0 Å². The Labute approximate surface area is 148 Å². The Morgan fingerprint density at radius 2 is 1.83 bits per heavy atom. The molecule has 0 spiro atoms. The molecule has 0 aliphatic carbocycles. The summed E-state index contributed by atoms with van der Waals surface area (Å²) in [7, 11) is 0. The summed E-state index contributed by atoms with van der Waals surface area (Å²) in [4.78, 5) is 34.2. The van der Waals surface area contributed by atoms with Crippen molar-refractivity contribution in [3.8, 4) is 0 Å². The van der Waals surface area contributed by atoms with Crippen LogP contribution in [0.4, 0.5) is 4.79 Å². The highest BCUT2D eigenvalue weighted by molar-refractivity contribution is 7.98. The minimum Gasteiger partial charge on any atom is -0.480 e. The maximum absolute atomic E-state index is 11.7. The molecule has 0 bridgehead atoms. The summed E-state index contributed by atoms with van der Waals surface area (Å²) in [5.74, 6) is -0.560. The lowest BCUT2D eigenvalue weighted by Crippen LogP contribution is -2.41. The van der Waals surface area contributed by atoms with Crippen molar-refractivity contribution in [1.82, 2.24) is 10.6 Å². The Morgan fingerprint density at radius 1 is 1.17 bits per heavy atom. The summed E-state index contributed by atoms with van der Waals surface area (Å²) in [5, 5.41) is 14.2. The SMILES string of the molecule is CSCCC(NC(=O)CCCCCNC(=O)OC(C)(C)C)C(=O)O. The lowest BCUT2D eigenvalue weighted by atomic mass is 10.1. The van der Waals surface area contributed by atoms with Gasteiger partial charge in [-0.15, -0.1) is 0 Å². The Balaban J connectivity index is 3.78. The van der Waals surface area contributed by atoms with E-state index in [-0.39, 0.29) is 12.3 Å². The number of carbonyl (C=O) groups excluding carboxylic acids is 2. The maximum atomic E-state index is 11.7. The predicted octanol–water partition coefficient (Wildman–Crippen LogP) is 2.39. The van der Waals surface area contributed by atoms with E-state index in [1.54, 1.807) is 32.5 Å². The van der Waals surface area contributed by atoms with E-state index in [9.17, 15) is 14.4 Å². The molecular weight excluding hydrogens is 332 g/mol. The molecule has 1 unspecified atom stereocenters. The van der Waals surface area contributed by atoms with Crippen molar-refractivity contribution in [2.45, 2.75) is 64.5 Å². The molecule has 0 radical (unpaired) electrons. The van der Waals surface area contributed by atoms with E-state index in [0.717, 1.165) is 12.8 Å². The molecule has 140 valence electrons. The first kappa shape index (κ1) is 22.6. The van der Waals surface area contributed by atoms with Crippen molar-refractivity contribution < 1.29 is 24.2 Å². The van der Waals surface area contributed by atoms with Crippen molar-refractivity contribution in [3.63, 3.8) is 0 Å². The van der Waals surface area contributed by atoms with Crippen molar-refractivity contribution >= 4 is 29.7 Å². The number of carbonyl (C=O) groups is 3. The van der Waals surface area contributed by atoms with E-state index < -0.39 is 23.7 Å². The highest BCUT2D eigenvalue weighted by Crippen LogP contribution is 2.07. The number of alkyl carbamates (subject to hydrolysis) is 1. The molecule has 0 fully saturated rings. The van der Waals surface area contributed by atoms with E-state index in [0.29, 0.717) is 25.1 Å². The number of hydrogen-bond donors (Lipinski definition) is 3. The van der Waals surface area contributed by atoms with Crippen LogP contribution in [0.3, 0.4) is 0 Å². The first-order valence-electron chi connectivity index (χ1n) is 8.13. The molecule has 0 saturated heterocycles. The zero-order valence-electron chi connectivity index (χ0n) is 15.0. The average Bonchev–Trinajstić information content (AvgIpc) is 2.44. The highest BCUT2D eigenvalue weighted by atomic mass is 32.2. The number of carboxylic acids is 1. The average molecular weight is 362 g/mol. The van der Waals surface area contributed by atoms with Gasteiger partial charge in [-0.1, -0.05) is 6.42 Å². The van der Waals surface area contributed by atoms with E-state index in [2.05, 4.69) is 10.6 Å². The summed E-state index contributed by atoms with van der Waals surface area (Å²) >= 11 is 1.55. The molecule has 0 saturated carbocycles. The topological polar surface area (TPSA) is 105 Å². The summed E-state index contributed by atoms with van der Waals surface area (Å²) in [5.41, 5.74) is -0.515. The van der Waals surface area contributed by atoms with Gasteiger partial charge in [-0.25, -0.2) is 9.59 Å². The number of aliphatic carboxylic acids is 1. The second-order valence-electron chi connectivity index (χ2n) is 6.48. The van der Waals surface area contributed by atoms with Crippen LogP contribution < -0.4 is 10.6 Å². The molecule has 0 aromatic rings. The smallest absolute Gasteiger partial charge is 0.407 e. The maximum Gasteiger partial charge on any atom is 0.407 e. The van der Waals surface area contributed by atoms with Crippen molar-refractivity contribution in [2.75, 3.05) is 18.6 Å². The third-order valence-electron chi connectivity index (χ3n) is 2.99. The summed E-state index contributed by atoms with van der Waals surface area (Å²) in [6.45, 7) is 5.89. The van der Waals surface area contributed by atoms with Crippen LogP contribution in [0.5, 0.6) is 0 Å². The van der Waals surface area contributed by atoms with Gasteiger partial charge in [0.15, 0.2) is 0 Å². The molecule has 7 nitrogen and oxygen atoms in total. The van der Waals surface area contributed by atoms with Gasteiger partial charge < -0.3 is 20.5 Å². The second-order valence-corrected chi connectivity index (χ2v) is 7.46. The van der Waals surface area contributed by atoms with Gasteiger partial charge in [0.25, 0.3) is 0 Å². The monoisotopic (exact) mass is 362 g/mol. The minimum atomic E-state index is -1.00. The number of nitrogens with one attached hydrogen (secondary N) is 2. The number of carboxylic acid groups (broad SMARTS) is 1. The van der Waals surface area contributed by atoms with Gasteiger partial charge in [0, 0.05) is 13.0 Å². The third kappa shape index (κ3) is 13.0. The van der Waals surface area contributed by atoms with Crippen molar-refractivity contribution in [2.24, 2.45) is 0 Å². The van der Waals surface area contributed by atoms with Crippen LogP contribution in [0.25, 0.3) is 0 Å². The highest BCUT2D eigenvalue weighted by Gasteiger charge is 2.19. The molecule has 1 atom stereocenters. The van der Waals surface area contributed by atoms with Crippen LogP contribution in [0, 0.1) is 0 Å². The number of rotatable bonds is 11. The normalized spacial score (nSPS) is 12.3. The quantitative estimate of drug-likeness (QED) is 0.488. The lowest BCUT2D eigenvalue weighted by molar-refractivity contribution is -0.141. The third-order valence-corrected chi connectivity index (χ3v) is 3.64. The minimum absolute atomic E-state index is 0.247. The van der Waals surface area contributed by atoms with Gasteiger partial charge in [0.05, 0.1) is 0 Å². The number of thioether (sulfide) groups is 1. The number of hydrogen-bond acceptors (Lipinski definition) is 5. The molecule has 0 heterocycles. The molecule has 0 aromatic carbocycles. The standard InChI is InChI=1S/C16H30N2O5S/c1-16(2,3)23-15(22)17-10-7-5-6-8-13(19)18-12(14(20)21)9-11-24-4/h12H,5-11H2,1-4H3,(H,17,22)(H,18,19)(H,20,21). The van der Waals surface area contributed by atoms with Crippen molar-refractivity contribution in [3.05, 3.63) is 0 Å². The van der Waals surface area contributed by atoms with Crippen LogP contribution in [0.2, 0.25) is 0 Å². The van der Waals surface area contributed by atoms with Crippen LogP contribution in [-0.2, 0) is 14.3 Å². The van der Waals surface area contributed by atoms with Crippen LogP contribution >= 0.6 is 11.8 Å². The molecular formula is C16H30N2O5S. The molecule has 8 heteroatoms. The Bertz CT molecular complexity index is 410. The zero-order chi connectivity index (χ0) is 18.6. The molecule has 0 aliphatic heterocycles. The van der Waals surface area contributed by atoms with Gasteiger partial charge in [-0.2, -0.15) is 11.8 Å². The van der Waals surface area contributed by atoms with Gasteiger partial charge in [0.2, 0.25) is 5.91 Å². The summed E-state index contributed by atoms with van der Waals surface area (Å²) in [6, 6.07) is -0.821. The molecule has 0 aromatic heterocycles. The van der Waals surface area contributed by atoms with Gasteiger partial charge in [-0.05, 0) is 52.0 Å². The van der Waals surface area contributed by atoms with Crippen molar-refractivity contribution in [1.29, 1.82) is 0 Å². The summed E-state index contributed by atoms with van der Waals surface area (Å²) < 4.78 is 5.11. The predicted molar refractivity (Wildman–Crippen MR) is 95.3 cm³/mol. The summed E-state index contributed by atoms with van der Waals surface area (Å²) in [6.07, 6.45) is 4.31. The van der Waals surface area contributed by atoms with E-state index in [1.165, 1.54) is 0 Å². The van der Waals surface area contributed by atoms with Gasteiger partial charge in [-0.3, -0.25) is 4.79 Å². The van der Waals surface area contributed by atoms with E-state index in [1.807, 2.05) is 6.26 Å². The molecule has 0 aliphatic rings. The fraction of sp³-hybridized carbons (Fsp3) is 0.812. The fourth-order valence-electron chi connectivity index (χ4n) is 1.85. The van der Waals surface area contributed by atoms with Gasteiger partial charge in [0.1, 0.15) is 11.6 Å². The Hall–Kier alpha value is -1.44. The molecule has 24 heavy (non-hydrogen) atoms. The first-order valence-corrected chi connectivity index (χ1v) is 9.53. The Kier molecular flexibility index (Phi) is 11.3. The number of unbranched alkanes of at least 4 members (excludes halogenated alkanes) is 2. The zero-order valence-corrected chi connectivity index (χ0v) is 15.8. The van der Waals surface area contributed by atoms with Gasteiger partial charge >= 0.3 is 12.1 Å². The van der Waals surface area contributed by atoms with Crippen LogP contribution in [0.1, 0.15) is 52.9 Å². The fourth-order valence-corrected chi connectivity index (χ4v) is 2.32. The molecule has 2 amide bonds. The lowest BCUT2D eigenvalue weighted by Gasteiger charge is -2.19. The second kappa shape index (κ2) is 12.0. The number of ether oxygens (including phenoxy) is 1. The van der Waals surface area contributed by atoms with E-state index >= 15 is 0 Å². The van der Waals surface area contributed by atoms with E-state index in [4.69, 9.17) is 9.84 Å².